The van der Waals surface area contributed by atoms with Gasteiger partial charge in [0.1, 0.15) is 5.92 Å². The van der Waals surface area contributed by atoms with Crippen molar-refractivity contribution in [1.29, 1.82) is 0 Å². The summed E-state index contributed by atoms with van der Waals surface area (Å²) in [6.07, 6.45) is 9.44. The number of aryl methyl sites for hydroxylation is 1. The molecule has 1 fully saturated rings. The van der Waals surface area contributed by atoms with Gasteiger partial charge >= 0.3 is 5.97 Å². The molecule has 0 spiro atoms. The lowest BCUT2D eigenvalue weighted by molar-refractivity contribution is -0.139. The molecule has 1 N–H and O–H groups in total. The van der Waals surface area contributed by atoms with Gasteiger partial charge in [-0.3, -0.25) is 4.79 Å². The van der Waals surface area contributed by atoms with Crippen LogP contribution in [-0.2, 0) is 11.2 Å². The zero-order chi connectivity index (χ0) is 14.8. The zero-order valence-corrected chi connectivity index (χ0v) is 13.5. The molecule has 3 rings (SSSR count). The molecular formula is C16H24N2O2S. The smallest absolute Gasteiger partial charge is 0.312 e. The molecule has 1 aromatic rings. The molecule has 2 aliphatic carbocycles. The fraction of sp³-hybridized carbons (Fsp3) is 0.750. The van der Waals surface area contributed by atoms with Gasteiger partial charge in [-0.1, -0.05) is 19.3 Å². The van der Waals surface area contributed by atoms with Crippen LogP contribution in [0.15, 0.2) is 0 Å². The third kappa shape index (κ3) is 3.23. The fourth-order valence-electron chi connectivity index (χ4n) is 3.64. The summed E-state index contributed by atoms with van der Waals surface area (Å²) in [6, 6.07) is 0. The Hall–Kier alpha value is -1.10. The predicted molar refractivity (Wildman–Crippen MR) is 85.3 cm³/mol. The highest BCUT2D eigenvalue weighted by Crippen LogP contribution is 2.38. The van der Waals surface area contributed by atoms with Crippen LogP contribution in [0, 0.1) is 5.92 Å². The number of carboxylic acids is 1. The van der Waals surface area contributed by atoms with E-state index in [9.17, 15) is 9.90 Å². The summed E-state index contributed by atoms with van der Waals surface area (Å²) >= 11 is 1.70. The number of rotatable bonds is 4. The van der Waals surface area contributed by atoms with Gasteiger partial charge in [-0.05, 0) is 38.0 Å². The summed E-state index contributed by atoms with van der Waals surface area (Å²) in [5, 5.41) is 10.4. The van der Waals surface area contributed by atoms with Gasteiger partial charge in [-0.2, -0.15) is 0 Å². The molecule has 21 heavy (non-hydrogen) atoms. The molecule has 1 heterocycles. The van der Waals surface area contributed by atoms with E-state index in [4.69, 9.17) is 0 Å². The van der Waals surface area contributed by atoms with Gasteiger partial charge in [0.25, 0.3) is 0 Å². The molecular weight excluding hydrogens is 284 g/mol. The Bertz CT molecular complexity index is 508. The second-order valence-corrected chi connectivity index (χ2v) is 7.53. The van der Waals surface area contributed by atoms with Crippen LogP contribution in [0.5, 0.6) is 0 Å². The highest BCUT2D eigenvalue weighted by atomic mass is 32.1. The first kappa shape index (κ1) is 14.8. The van der Waals surface area contributed by atoms with Gasteiger partial charge in [-0.25, -0.2) is 4.98 Å². The predicted octanol–water partition coefficient (Wildman–Crippen LogP) is 3.66. The summed E-state index contributed by atoms with van der Waals surface area (Å²) in [7, 11) is 2.11. The van der Waals surface area contributed by atoms with E-state index in [-0.39, 0.29) is 5.92 Å². The van der Waals surface area contributed by atoms with E-state index in [0.717, 1.165) is 42.6 Å². The van der Waals surface area contributed by atoms with Gasteiger partial charge < -0.3 is 10.0 Å². The lowest BCUT2D eigenvalue weighted by Gasteiger charge is -2.26. The highest BCUT2D eigenvalue weighted by molar-refractivity contribution is 7.15. The van der Waals surface area contributed by atoms with Gasteiger partial charge in [0.05, 0.1) is 5.69 Å². The first-order valence-corrected chi connectivity index (χ1v) is 8.90. The van der Waals surface area contributed by atoms with E-state index in [1.807, 2.05) is 0 Å². The first-order valence-electron chi connectivity index (χ1n) is 8.08. The molecule has 0 radical (unpaired) electrons. The third-order valence-corrected chi connectivity index (χ3v) is 6.07. The van der Waals surface area contributed by atoms with Gasteiger partial charge in [0, 0.05) is 18.5 Å². The molecule has 1 saturated carbocycles. The molecule has 116 valence electrons. The number of nitrogens with zero attached hydrogens (tertiary/aromatic N) is 2. The van der Waals surface area contributed by atoms with Crippen molar-refractivity contribution < 1.29 is 9.90 Å². The van der Waals surface area contributed by atoms with E-state index in [0.29, 0.717) is 0 Å². The molecule has 0 bridgehead atoms. The van der Waals surface area contributed by atoms with Crippen LogP contribution in [0.4, 0.5) is 5.13 Å². The van der Waals surface area contributed by atoms with Crippen LogP contribution >= 0.6 is 11.3 Å². The standard InChI is InChI=1S/C16H24N2O2S/c1-18(10-11-6-3-2-4-7-11)16-17-14-12(15(19)20)8-5-9-13(14)21-16/h11-12H,2-10H2,1H3,(H,19,20). The third-order valence-electron chi connectivity index (χ3n) is 4.82. The van der Waals surface area contributed by atoms with Crippen molar-refractivity contribution in [3.05, 3.63) is 10.6 Å². The summed E-state index contributed by atoms with van der Waals surface area (Å²) in [4.78, 5) is 19.5. The van der Waals surface area contributed by atoms with E-state index in [2.05, 4.69) is 16.9 Å². The Morgan fingerprint density at radius 3 is 2.76 bits per heavy atom. The highest BCUT2D eigenvalue weighted by Gasteiger charge is 2.30. The van der Waals surface area contributed by atoms with Crippen molar-refractivity contribution in [2.75, 3.05) is 18.5 Å². The number of hydrogen-bond acceptors (Lipinski definition) is 4. The largest absolute Gasteiger partial charge is 0.481 e. The van der Waals surface area contributed by atoms with Crippen molar-refractivity contribution in [2.24, 2.45) is 5.92 Å². The molecule has 1 unspecified atom stereocenters. The minimum Gasteiger partial charge on any atom is -0.481 e. The number of carboxylic acid groups (broad SMARTS) is 1. The maximum absolute atomic E-state index is 11.4. The Balaban J connectivity index is 1.72. The molecule has 4 nitrogen and oxygen atoms in total. The molecule has 5 heteroatoms. The molecule has 1 aromatic heterocycles. The lowest BCUT2D eigenvalue weighted by Crippen LogP contribution is -2.26. The maximum atomic E-state index is 11.4. The Morgan fingerprint density at radius 1 is 1.29 bits per heavy atom. The maximum Gasteiger partial charge on any atom is 0.312 e. The van der Waals surface area contributed by atoms with E-state index >= 15 is 0 Å². The van der Waals surface area contributed by atoms with Crippen LogP contribution in [0.3, 0.4) is 0 Å². The van der Waals surface area contributed by atoms with Crippen molar-refractivity contribution in [3.8, 4) is 0 Å². The molecule has 1 atom stereocenters. The molecule has 0 aliphatic heterocycles. The molecule has 0 aromatic carbocycles. The zero-order valence-electron chi connectivity index (χ0n) is 12.7. The van der Waals surface area contributed by atoms with Crippen LogP contribution in [0.1, 0.15) is 61.4 Å². The SMILES string of the molecule is CN(CC1CCCCC1)c1nc2c(s1)CCCC2C(=O)O. The van der Waals surface area contributed by atoms with Crippen molar-refractivity contribution in [1.82, 2.24) is 4.98 Å². The number of fused-ring (bicyclic) bond motifs is 1. The summed E-state index contributed by atoms with van der Waals surface area (Å²) < 4.78 is 0. The van der Waals surface area contributed by atoms with Gasteiger partial charge in [0.2, 0.25) is 0 Å². The van der Waals surface area contributed by atoms with Crippen molar-refractivity contribution in [2.45, 2.75) is 57.3 Å². The molecule has 2 aliphatic rings. The molecule has 0 saturated heterocycles. The van der Waals surface area contributed by atoms with Crippen LogP contribution < -0.4 is 4.90 Å². The Morgan fingerprint density at radius 2 is 2.05 bits per heavy atom. The number of hydrogen-bond donors (Lipinski definition) is 1. The number of anilines is 1. The first-order chi connectivity index (χ1) is 10.1. The Labute approximate surface area is 130 Å². The average molecular weight is 308 g/mol. The van der Waals surface area contributed by atoms with Gasteiger partial charge in [0.15, 0.2) is 5.13 Å². The fourth-order valence-corrected chi connectivity index (χ4v) is 4.78. The Kier molecular flexibility index (Phi) is 4.48. The van der Waals surface area contributed by atoms with E-state index in [1.54, 1.807) is 11.3 Å². The normalized spacial score (nSPS) is 22.8. The molecule has 0 amide bonds. The quantitative estimate of drug-likeness (QED) is 0.922. The van der Waals surface area contributed by atoms with Crippen LogP contribution in [0.2, 0.25) is 0 Å². The second-order valence-electron chi connectivity index (χ2n) is 6.47. The van der Waals surface area contributed by atoms with E-state index in [1.165, 1.54) is 37.0 Å². The number of aromatic nitrogens is 1. The minimum atomic E-state index is -0.720. The van der Waals surface area contributed by atoms with Crippen molar-refractivity contribution >= 4 is 22.4 Å². The van der Waals surface area contributed by atoms with E-state index < -0.39 is 5.97 Å². The summed E-state index contributed by atoms with van der Waals surface area (Å²) in [6.45, 7) is 1.06. The minimum absolute atomic E-state index is 0.387. The van der Waals surface area contributed by atoms with Crippen LogP contribution in [-0.4, -0.2) is 29.7 Å². The number of carbonyl (C=O) groups is 1. The topological polar surface area (TPSA) is 53.4 Å². The summed E-state index contributed by atoms with van der Waals surface area (Å²) in [5.74, 6) is -0.329. The lowest BCUT2D eigenvalue weighted by atomic mass is 9.89. The number of aliphatic carboxylic acids is 1. The van der Waals surface area contributed by atoms with Crippen molar-refractivity contribution in [3.63, 3.8) is 0 Å². The van der Waals surface area contributed by atoms with Gasteiger partial charge in [-0.15, -0.1) is 11.3 Å². The average Bonchev–Trinajstić information content (AvgIpc) is 2.92. The number of thiazole rings is 1. The second kappa shape index (κ2) is 6.34. The van der Waals surface area contributed by atoms with Crippen LogP contribution in [0.25, 0.3) is 0 Å². The summed E-state index contributed by atoms with van der Waals surface area (Å²) in [5.41, 5.74) is 0.837. The monoisotopic (exact) mass is 308 g/mol.